The van der Waals surface area contributed by atoms with Gasteiger partial charge in [0.15, 0.2) is 6.10 Å². The molecule has 1 saturated carbocycles. The van der Waals surface area contributed by atoms with Crippen molar-refractivity contribution in [2.45, 2.75) is 83.8 Å². The third-order valence-corrected chi connectivity index (χ3v) is 7.39. The zero-order valence-corrected chi connectivity index (χ0v) is 19.5. The van der Waals surface area contributed by atoms with Gasteiger partial charge in [-0.3, -0.25) is 4.79 Å². The Bertz CT molecular complexity index is 1040. The summed E-state index contributed by atoms with van der Waals surface area (Å²) in [5.41, 5.74) is 1.29. The second-order valence-electron chi connectivity index (χ2n) is 9.60. The monoisotopic (exact) mass is 441 g/mol. The zero-order valence-electron chi connectivity index (χ0n) is 19.5. The van der Waals surface area contributed by atoms with Crippen LogP contribution in [0.2, 0.25) is 0 Å². The molecule has 0 bridgehead atoms. The zero-order chi connectivity index (χ0) is 22.9. The Hall–Kier alpha value is -2.34. The molecule has 1 aromatic carbocycles. The average molecular weight is 442 g/mol. The van der Waals surface area contributed by atoms with Gasteiger partial charge in [0.2, 0.25) is 0 Å². The lowest BCUT2D eigenvalue weighted by Crippen LogP contribution is -2.56. The van der Waals surface area contributed by atoms with Crippen molar-refractivity contribution in [2.24, 2.45) is 5.92 Å². The van der Waals surface area contributed by atoms with Gasteiger partial charge < -0.3 is 19.2 Å². The number of amides is 1. The molecule has 32 heavy (non-hydrogen) atoms. The number of hydrogen-bond acceptors (Lipinski definition) is 5. The Kier molecular flexibility index (Phi) is 6.61. The van der Waals surface area contributed by atoms with Crippen LogP contribution in [0.25, 0.3) is 11.0 Å². The number of nitrogens with zero attached hydrogens (tertiary/aromatic N) is 1. The van der Waals surface area contributed by atoms with Crippen LogP contribution in [0, 0.1) is 12.8 Å². The van der Waals surface area contributed by atoms with E-state index in [0.29, 0.717) is 30.8 Å². The van der Waals surface area contributed by atoms with Gasteiger partial charge in [0.25, 0.3) is 5.91 Å². The number of fused-ring (bicyclic) bond motifs is 2. The minimum Gasteiger partial charge on any atom is -0.480 e. The molecule has 1 aliphatic heterocycles. The molecule has 2 heterocycles. The summed E-state index contributed by atoms with van der Waals surface area (Å²) in [6.07, 6.45) is 6.86. The number of carbonyl (C=O) groups is 1. The third kappa shape index (κ3) is 4.42. The number of carbonyl (C=O) groups excluding carboxylic acids is 1. The Morgan fingerprint density at radius 3 is 2.94 bits per heavy atom. The van der Waals surface area contributed by atoms with E-state index in [4.69, 9.17) is 9.15 Å². The van der Waals surface area contributed by atoms with Crippen molar-refractivity contribution >= 4 is 16.9 Å². The number of aryl methyl sites for hydroxylation is 2. The van der Waals surface area contributed by atoms with Gasteiger partial charge in [0.05, 0.1) is 5.60 Å². The van der Waals surface area contributed by atoms with Crippen molar-refractivity contribution in [2.75, 3.05) is 13.1 Å². The number of rotatable bonds is 6. The molecule has 1 saturated heterocycles. The lowest BCUT2D eigenvalue weighted by atomic mass is 9.71. The maximum absolute atomic E-state index is 13.1. The average Bonchev–Trinajstić information content (AvgIpc) is 2.78. The Balaban J connectivity index is 1.51. The van der Waals surface area contributed by atoms with E-state index >= 15 is 0 Å². The van der Waals surface area contributed by atoms with E-state index in [2.05, 4.69) is 6.92 Å². The molecular weight excluding hydrogens is 406 g/mol. The first-order valence-electron chi connectivity index (χ1n) is 12.1. The first kappa shape index (κ1) is 22.8. The van der Waals surface area contributed by atoms with E-state index in [1.165, 1.54) is 0 Å². The van der Waals surface area contributed by atoms with Crippen LogP contribution in [-0.2, 0) is 11.2 Å². The van der Waals surface area contributed by atoms with Crippen molar-refractivity contribution < 1.29 is 19.1 Å². The fourth-order valence-electron chi connectivity index (χ4n) is 5.38. The van der Waals surface area contributed by atoms with E-state index < -0.39 is 11.7 Å². The lowest BCUT2D eigenvalue weighted by molar-refractivity contribution is -0.149. The Morgan fingerprint density at radius 2 is 2.16 bits per heavy atom. The maximum Gasteiger partial charge on any atom is 0.336 e. The number of likely N-dealkylation sites (tertiary alicyclic amines) is 1. The number of unbranched alkanes of at least 4 members (excludes halogenated alkanes) is 1. The van der Waals surface area contributed by atoms with E-state index in [9.17, 15) is 14.7 Å². The summed E-state index contributed by atoms with van der Waals surface area (Å²) in [5, 5.41) is 11.8. The SMILES string of the molecule is CCCCc1cc(=O)oc2c(C)c(O[C@@H](C)C(=O)N3CC[C@@]4(O)CCCC[C@H]4C3)ccc12. The highest BCUT2D eigenvalue weighted by molar-refractivity contribution is 5.85. The fourth-order valence-corrected chi connectivity index (χ4v) is 5.38. The Morgan fingerprint density at radius 1 is 1.34 bits per heavy atom. The van der Waals surface area contributed by atoms with Crippen LogP contribution < -0.4 is 10.4 Å². The van der Waals surface area contributed by atoms with Crippen molar-refractivity contribution in [1.82, 2.24) is 4.90 Å². The fraction of sp³-hybridized carbons (Fsp3) is 0.615. The quantitative estimate of drug-likeness (QED) is 0.674. The van der Waals surface area contributed by atoms with Crippen molar-refractivity contribution in [3.05, 3.63) is 39.7 Å². The Labute approximate surface area is 189 Å². The minimum absolute atomic E-state index is 0.0599. The van der Waals surface area contributed by atoms with Gasteiger partial charge in [0.1, 0.15) is 11.3 Å². The highest BCUT2D eigenvalue weighted by Gasteiger charge is 2.44. The second kappa shape index (κ2) is 9.26. The summed E-state index contributed by atoms with van der Waals surface area (Å²) in [5.74, 6) is 0.648. The molecule has 1 amide bonds. The van der Waals surface area contributed by atoms with Crippen LogP contribution in [0.5, 0.6) is 5.75 Å². The van der Waals surface area contributed by atoms with Gasteiger partial charge in [-0.2, -0.15) is 0 Å². The van der Waals surface area contributed by atoms with Crippen LogP contribution in [0.4, 0.5) is 0 Å². The number of ether oxygens (including phenoxy) is 1. The molecule has 6 nitrogen and oxygen atoms in total. The second-order valence-corrected chi connectivity index (χ2v) is 9.60. The number of aliphatic hydroxyl groups is 1. The molecular formula is C26H35NO5. The van der Waals surface area contributed by atoms with Gasteiger partial charge in [-0.1, -0.05) is 26.2 Å². The summed E-state index contributed by atoms with van der Waals surface area (Å²) in [7, 11) is 0. The molecule has 2 aromatic rings. The molecule has 2 aliphatic rings. The number of hydrogen-bond donors (Lipinski definition) is 1. The highest BCUT2D eigenvalue weighted by atomic mass is 16.5. The first-order valence-corrected chi connectivity index (χ1v) is 12.1. The van der Waals surface area contributed by atoms with Crippen LogP contribution in [0.15, 0.2) is 27.4 Å². The molecule has 0 spiro atoms. The van der Waals surface area contributed by atoms with Gasteiger partial charge in [-0.05, 0) is 63.6 Å². The van der Waals surface area contributed by atoms with Crippen molar-refractivity contribution in [3.8, 4) is 5.75 Å². The van der Waals surface area contributed by atoms with E-state index in [1.54, 1.807) is 13.0 Å². The predicted molar refractivity (Wildman–Crippen MR) is 124 cm³/mol. The molecule has 174 valence electrons. The van der Waals surface area contributed by atoms with Crippen molar-refractivity contribution in [3.63, 3.8) is 0 Å². The standard InChI is InChI=1S/C26H35NO5/c1-4-5-8-19-15-23(28)32-24-17(2)22(11-10-21(19)24)31-18(3)25(29)27-14-13-26(30)12-7-6-9-20(26)16-27/h10-11,15,18,20,30H,4-9,12-14,16H2,1-3H3/t18-,20-,26-/m0/s1. The molecule has 0 radical (unpaired) electrons. The summed E-state index contributed by atoms with van der Waals surface area (Å²) in [6.45, 7) is 6.91. The topological polar surface area (TPSA) is 80.0 Å². The van der Waals surface area contributed by atoms with Gasteiger partial charge in [-0.15, -0.1) is 0 Å². The largest absolute Gasteiger partial charge is 0.480 e. The van der Waals surface area contributed by atoms with E-state index in [0.717, 1.165) is 61.5 Å². The summed E-state index contributed by atoms with van der Waals surface area (Å²) < 4.78 is 11.6. The molecule has 1 N–H and O–H groups in total. The molecule has 4 rings (SSSR count). The van der Waals surface area contributed by atoms with Crippen LogP contribution in [-0.4, -0.2) is 40.7 Å². The van der Waals surface area contributed by atoms with E-state index in [-0.39, 0.29) is 17.5 Å². The van der Waals surface area contributed by atoms with Crippen LogP contribution in [0.3, 0.4) is 0 Å². The summed E-state index contributed by atoms with van der Waals surface area (Å²) >= 11 is 0. The highest BCUT2D eigenvalue weighted by Crippen LogP contribution is 2.40. The number of benzene rings is 1. The third-order valence-electron chi connectivity index (χ3n) is 7.39. The lowest BCUT2D eigenvalue weighted by Gasteiger charge is -2.47. The van der Waals surface area contributed by atoms with Gasteiger partial charge in [0, 0.05) is 36.0 Å². The van der Waals surface area contributed by atoms with Crippen molar-refractivity contribution in [1.29, 1.82) is 0 Å². The smallest absolute Gasteiger partial charge is 0.336 e. The first-order chi connectivity index (χ1) is 15.3. The van der Waals surface area contributed by atoms with Gasteiger partial charge in [-0.25, -0.2) is 4.79 Å². The molecule has 3 atom stereocenters. The maximum atomic E-state index is 13.1. The molecule has 6 heteroatoms. The molecule has 1 aliphatic carbocycles. The van der Waals surface area contributed by atoms with Crippen LogP contribution in [0.1, 0.15) is 69.9 Å². The predicted octanol–water partition coefficient (Wildman–Crippen LogP) is 4.36. The minimum atomic E-state index is -0.657. The van der Waals surface area contributed by atoms with Crippen LogP contribution >= 0.6 is 0 Å². The van der Waals surface area contributed by atoms with Gasteiger partial charge >= 0.3 is 5.63 Å². The normalized spacial score (nSPS) is 24.2. The summed E-state index contributed by atoms with van der Waals surface area (Å²) in [4.78, 5) is 27.1. The molecule has 0 unspecified atom stereocenters. The van der Waals surface area contributed by atoms with E-state index in [1.807, 2.05) is 24.0 Å². The molecule has 2 fully saturated rings. The summed E-state index contributed by atoms with van der Waals surface area (Å²) in [6, 6.07) is 5.37. The number of piperidine rings is 1. The molecule has 1 aromatic heterocycles.